The van der Waals surface area contributed by atoms with E-state index in [1.807, 2.05) is 0 Å². The molecular weight excluding hydrogens is 358 g/mol. The smallest absolute Gasteiger partial charge is 0.0686 e. The number of nitrogens with zero attached hydrogens (tertiary/aromatic N) is 1. The van der Waals surface area contributed by atoms with Crippen LogP contribution in [0.3, 0.4) is 0 Å². The third kappa shape index (κ3) is 10.9. The standard InChI is InChI=1S/C19H45NO2Si3/c1-21-14-12-20(13-15-22-2)16-18(17-23(3,4)5)19(24(6,7)8)25(9,10)11/h17,19H,12-16H2,1-11H3/b18-17+. The molecule has 0 fully saturated rings. The van der Waals surface area contributed by atoms with Crippen LogP contribution in [0.4, 0.5) is 0 Å². The van der Waals surface area contributed by atoms with Crippen molar-refractivity contribution >= 4 is 24.2 Å². The number of methoxy groups -OCH3 is 2. The molecule has 0 amide bonds. The van der Waals surface area contributed by atoms with Gasteiger partial charge in [0.1, 0.15) is 0 Å². The summed E-state index contributed by atoms with van der Waals surface area (Å²) in [6, 6.07) is 0. The summed E-state index contributed by atoms with van der Waals surface area (Å²) in [5, 5.41) is 0.819. The van der Waals surface area contributed by atoms with Crippen molar-refractivity contribution in [2.24, 2.45) is 0 Å². The van der Waals surface area contributed by atoms with Crippen molar-refractivity contribution in [2.75, 3.05) is 47.1 Å². The molecule has 3 nitrogen and oxygen atoms in total. The third-order valence-corrected chi connectivity index (χ3v) is 15.0. The molecule has 0 aromatic heterocycles. The Hall–Kier alpha value is 0.271. The van der Waals surface area contributed by atoms with Gasteiger partial charge in [0.2, 0.25) is 0 Å². The van der Waals surface area contributed by atoms with Gasteiger partial charge in [0.25, 0.3) is 0 Å². The summed E-state index contributed by atoms with van der Waals surface area (Å²) in [4.78, 5) is 2.53. The molecule has 0 aromatic carbocycles. The van der Waals surface area contributed by atoms with E-state index in [4.69, 9.17) is 9.47 Å². The van der Waals surface area contributed by atoms with E-state index in [0.717, 1.165) is 38.0 Å². The molecule has 0 aromatic rings. The van der Waals surface area contributed by atoms with Crippen LogP contribution in [-0.4, -0.2) is 76.2 Å². The Kier molecular flexibility index (Phi) is 10.7. The van der Waals surface area contributed by atoms with Gasteiger partial charge in [-0.1, -0.05) is 70.2 Å². The molecule has 0 aliphatic rings. The van der Waals surface area contributed by atoms with Crippen molar-refractivity contribution in [3.63, 3.8) is 0 Å². The van der Waals surface area contributed by atoms with Gasteiger partial charge in [-0.25, -0.2) is 0 Å². The van der Waals surface area contributed by atoms with Crippen LogP contribution in [0.1, 0.15) is 0 Å². The SMILES string of the molecule is COCCN(CCOC)C/C(=C\[Si](C)(C)C)C([Si](C)(C)C)[Si](C)(C)C. The molecule has 0 atom stereocenters. The quantitative estimate of drug-likeness (QED) is 0.429. The molecule has 0 heterocycles. The second-order valence-electron chi connectivity index (χ2n) is 10.5. The maximum Gasteiger partial charge on any atom is 0.0686 e. The van der Waals surface area contributed by atoms with E-state index < -0.39 is 24.2 Å². The van der Waals surface area contributed by atoms with E-state index in [1.165, 1.54) is 0 Å². The number of rotatable bonds is 12. The summed E-state index contributed by atoms with van der Waals surface area (Å²) < 4.78 is 10.7. The minimum atomic E-state index is -1.29. The predicted molar refractivity (Wildman–Crippen MR) is 122 cm³/mol. The lowest BCUT2D eigenvalue weighted by atomic mass is 10.3. The molecule has 0 spiro atoms. The lowest BCUT2D eigenvalue weighted by Gasteiger charge is -2.42. The summed E-state index contributed by atoms with van der Waals surface area (Å²) in [5.74, 6) is 0. The Morgan fingerprint density at radius 3 is 1.48 bits per heavy atom. The fourth-order valence-corrected chi connectivity index (χ4v) is 18.8. The summed E-state index contributed by atoms with van der Waals surface area (Å²) in [7, 11) is -0.268. The minimum Gasteiger partial charge on any atom is -0.383 e. The van der Waals surface area contributed by atoms with Gasteiger partial charge in [-0.2, -0.15) is 0 Å². The topological polar surface area (TPSA) is 21.7 Å². The van der Waals surface area contributed by atoms with Gasteiger partial charge in [-0.3, -0.25) is 4.90 Å². The zero-order valence-corrected chi connectivity index (χ0v) is 22.0. The second kappa shape index (κ2) is 10.6. The zero-order chi connectivity index (χ0) is 19.9. The van der Waals surface area contributed by atoms with Crippen molar-refractivity contribution in [1.82, 2.24) is 4.90 Å². The Bertz CT molecular complexity index is 384. The highest BCUT2D eigenvalue weighted by Crippen LogP contribution is 2.39. The molecule has 0 unspecified atom stereocenters. The fraction of sp³-hybridized carbons (Fsp3) is 0.895. The molecule has 0 radical (unpaired) electrons. The Morgan fingerprint density at radius 2 is 1.20 bits per heavy atom. The van der Waals surface area contributed by atoms with Crippen molar-refractivity contribution in [1.29, 1.82) is 0 Å². The molecule has 0 saturated carbocycles. The molecule has 0 N–H and O–H groups in total. The van der Waals surface area contributed by atoms with Gasteiger partial charge >= 0.3 is 0 Å². The second-order valence-corrected chi connectivity index (χ2v) is 26.7. The van der Waals surface area contributed by atoms with Crippen LogP contribution in [0.15, 0.2) is 11.3 Å². The normalized spacial score (nSPS) is 14.7. The van der Waals surface area contributed by atoms with Crippen molar-refractivity contribution in [3.8, 4) is 0 Å². The first-order valence-electron chi connectivity index (χ1n) is 9.64. The number of hydrogen-bond acceptors (Lipinski definition) is 3. The van der Waals surface area contributed by atoms with Crippen LogP contribution in [0.2, 0.25) is 64.1 Å². The molecule has 25 heavy (non-hydrogen) atoms. The zero-order valence-electron chi connectivity index (χ0n) is 19.0. The van der Waals surface area contributed by atoms with E-state index >= 15 is 0 Å². The van der Waals surface area contributed by atoms with E-state index in [-0.39, 0.29) is 0 Å². The number of hydrogen-bond donors (Lipinski definition) is 0. The maximum atomic E-state index is 5.35. The average Bonchev–Trinajstić information content (AvgIpc) is 2.36. The molecule has 0 saturated heterocycles. The van der Waals surface area contributed by atoms with Gasteiger partial charge in [-0.05, 0) is 5.16 Å². The monoisotopic (exact) mass is 403 g/mol. The van der Waals surface area contributed by atoms with Crippen LogP contribution in [0, 0.1) is 0 Å². The summed E-state index contributed by atoms with van der Waals surface area (Å²) >= 11 is 0. The Balaban J connectivity index is 5.77. The third-order valence-electron chi connectivity index (χ3n) is 4.35. The first-order valence-corrected chi connectivity index (χ1v) is 20.4. The average molecular weight is 404 g/mol. The van der Waals surface area contributed by atoms with Crippen LogP contribution < -0.4 is 0 Å². The maximum absolute atomic E-state index is 5.35. The van der Waals surface area contributed by atoms with E-state index in [1.54, 1.807) is 19.8 Å². The van der Waals surface area contributed by atoms with Crippen molar-refractivity contribution in [2.45, 2.75) is 64.1 Å². The molecule has 0 aliphatic heterocycles. The van der Waals surface area contributed by atoms with Gasteiger partial charge in [-0.15, -0.1) is 0 Å². The van der Waals surface area contributed by atoms with Gasteiger partial charge in [0.05, 0.1) is 21.3 Å². The van der Waals surface area contributed by atoms with Crippen LogP contribution >= 0.6 is 0 Å². The minimum absolute atomic E-state index is 0.786. The molecule has 0 bridgehead atoms. The molecule has 0 rings (SSSR count). The van der Waals surface area contributed by atoms with Gasteiger partial charge < -0.3 is 9.47 Å². The van der Waals surface area contributed by atoms with Gasteiger partial charge in [0, 0.05) is 50.0 Å². The van der Waals surface area contributed by atoms with Crippen LogP contribution in [-0.2, 0) is 9.47 Å². The van der Waals surface area contributed by atoms with E-state index in [2.05, 4.69) is 69.5 Å². The fourth-order valence-electron chi connectivity index (χ4n) is 4.16. The lowest BCUT2D eigenvalue weighted by Crippen LogP contribution is -2.48. The largest absolute Gasteiger partial charge is 0.383 e. The summed E-state index contributed by atoms with van der Waals surface area (Å²) in [6.07, 6.45) is 0. The van der Waals surface area contributed by atoms with Gasteiger partial charge in [0.15, 0.2) is 0 Å². The summed E-state index contributed by atoms with van der Waals surface area (Å²) in [5.41, 5.74) is 4.44. The molecule has 6 heteroatoms. The molecule has 0 aliphatic carbocycles. The lowest BCUT2D eigenvalue weighted by molar-refractivity contribution is 0.119. The predicted octanol–water partition coefficient (Wildman–Crippen LogP) is 4.97. The summed E-state index contributed by atoms with van der Waals surface area (Å²) in [6.45, 7) is 27.4. The highest BCUT2D eigenvalue weighted by Gasteiger charge is 2.40. The van der Waals surface area contributed by atoms with Crippen LogP contribution in [0.25, 0.3) is 0 Å². The van der Waals surface area contributed by atoms with Crippen LogP contribution in [0.5, 0.6) is 0 Å². The van der Waals surface area contributed by atoms with E-state index in [0.29, 0.717) is 0 Å². The number of ether oxygens (including phenoxy) is 2. The first-order chi connectivity index (χ1) is 11.2. The Morgan fingerprint density at radius 1 is 0.800 bits per heavy atom. The molecular formula is C19H45NO2Si3. The van der Waals surface area contributed by atoms with Crippen molar-refractivity contribution in [3.05, 3.63) is 11.3 Å². The first kappa shape index (κ1) is 25.3. The molecule has 150 valence electrons. The highest BCUT2D eigenvalue weighted by atomic mass is 28.4. The van der Waals surface area contributed by atoms with E-state index in [9.17, 15) is 0 Å². The highest BCUT2D eigenvalue weighted by molar-refractivity contribution is 6.97. The van der Waals surface area contributed by atoms with Crippen molar-refractivity contribution < 1.29 is 9.47 Å². The Labute approximate surface area is 161 Å².